The molecule has 1 heterocycles. The molecular formula is C28H25Cl2F6N3O3S. The van der Waals surface area contributed by atoms with Crippen molar-refractivity contribution >= 4 is 44.4 Å². The van der Waals surface area contributed by atoms with Crippen molar-refractivity contribution in [3.63, 3.8) is 0 Å². The molecule has 0 saturated carbocycles. The molecule has 0 fully saturated rings. The largest absolute Gasteiger partial charge is 0.431 e. The van der Waals surface area contributed by atoms with E-state index in [0.717, 1.165) is 5.01 Å². The van der Waals surface area contributed by atoms with Gasteiger partial charge in [0.25, 0.3) is 5.60 Å². The standard InChI is InChI=1S/C28H25Cl2F6N3O3S/c1-37-13-4-14-43(41,42)20-6-2-5-19(15-20)17-9-11-18(12-10-17)23-16-24(26(40,27(31,32)33)28(34,35)36)38-39(23)25-21(29)7-3-8-22(25)30/h2-3,5-12,15,23,37,40H,4,13-14,16H2,1H3. The Balaban J connectivity index is 1.74. The van der Waals surface area contributed by atoms with Crippen molar-refractivity contribution in [2.45, 2.75) is 41.7 Å². The van der Waals surface area contributed by atoms with Gasteiger partial charge in [-0.3, -0.25) is 5.01 Å². The number of nitrogens with one attached hydrogen (secondary N) is 1. The van der Waals surface area contributed by atoms with Crippen molar-refractivity contribution in [2.75, 3.05) is 24.4 Å². The van der Waals surface area contributed by atoms with E-state index >= 15 is 0 Å². The molecule has 0 radical (unpaired) electrons. The summed E-state index contributed by atoms with van der Waals surface area (Å²) in [5.41, 5.74) is -5.63. The summed E-state index contributed by atoms with van der Waals surface area (Å²) in [4.78, 5) is 0.108. The maximum Gasteiger partial charge on any atom is 0.431 e. The van der Waals surface area contributed by atoms with Crippen molar-refractivity contribution < 1.29 is 39.9 Å². The van der Waals surface area contributed by atoms with Crippen LogP contribution in [0.15, 0.2) is 76.7 Å². The molecular weight excluding hydrogens is 643 g/mol. The Morgan fingerprint density at radius 2 is 1.51 bits per heavy atom. The van der Waals surface area contributed by atoms with Gasteiger partial charge in [-0.05, 0) is 61.0 Å². The molecule has 3 aromatic rings. The number of rotatable bonds is 9. The highest BCUT2D eigenvalue weighted by Crippen LogP contribution is 2.50. The van der Waals surface area contributed by atoms with Gasteiger partial charge in [0, 0.05) is 6.42 Å². The van der Waals surface area contributed by atoms with Gasteiger partial charge in [-0.15, -0.1) is 0 Å². The van der Waals surface area contributed by atoms with E-state index in [0.29, 0.717) is 24.1 Å². The molecule has 15 heteroatoms. The van der Waals surface area contributed by atoms with Gasteiger partial charge in [-0.2, -0.15) is 31.4 Å². The van der Waals surface area contributed by atoms with Gasteiger partial charge in [0.2, 0.25) is 0 Å². The molecule has 1 atom stereocenters. The molecule has 0 aromatic heterocycles. The lowest BCUT2D eigenvalue weighted by atomic mass is 9.89. The maximum absolute atomic E-state index is 13.7. The SMILES string of the molecule is CNCCCS(=O)(=O)c1cccc(-c2ccc(C3CC(C(O)(C(F)(F)F)C(F)(F)F)=NN3c3c(Cl)cccc3Cl)cc2)c1. The molecule has 6 nitrogen and oxygen atoms in total. The highest BCUT2D eigenvalue weighted by molar-refractivity contribution is 7.91. The monoisotopic (exact) mass is 667 g/mol. The van der Waals surface area contributed by atoms with E-state index in [1.54, 1.807) is 31.3 Å². The van der Waals surface area contributed by atoms with Crippen LogP contribution >= 0.6 is 23.2 Å². The van der Waals surface area contributed by atoms with Crippen molar-refractivity contribution in [1.29, 1.82) is 0 Å². The first-order chi connectivity index (χ1) is 20.0. The Kier molecular flexibility index (Phi) is 9.44. The highest BCUT2D eigenvalue weighted by atomic mass is 35.5. The second-order valence-corrected chi connectivity index (χ2v) is 12.7. The lowest BCUT2D eigenvalue weighted by molar-refractivity contribution is -0.338. The predicted octanol–water partition coefficient (Wildman–Crippen LogP) is 7.21. The number of hydrazone groups is 1. The number of nitrogens with zero attached hydrogens (tertiary/aromatic N) is 2. The minimum absolute atomic E-state index is 0.0666. The van der Waals surface area contributed by atoms with Crippen LogP contribution in [0.2, 0.25) is 10.0 Å². The molecule has 2 N–H and O–H groups in total. The fourth-order valence-electron chi connectivity index (χ4n) is 4.71. The van der Waals surface area contributed by atoms with E-state index in [1.807, 2.05) is 0 Å². The summed E-state index contributed by atoms with van der Waals surface area (Å²) in [7, 11) is -1.86. The Bertz CT molecular complexity index is 1580. The van der Waals surface area contributed by atoms with Gasteiger partial charge in [0.05, 0.1) is 38.1 Å². The van der Waals surface area contributed by atoms with Gasteiger partial charge >= 0.3 is 12.4 Å². The molecule has 1 aliphatic heterocycles. The van der Waals surface area contributed by atoms with Crippen LogP contribution in [0, 0.1) is 0 Å². The highest BCUT2D eigenvalue weighted by Gasteiger charge is 2.74. The third-order valence-electron chi connectivity index (χ3n) is 6.98. The lowest BCUT2D eigenvalue weighted by Crippen LogP contribution is -2.62. The van der Waals surface area contributed by atoms with Crippen LogP contribution in [0.5, 0.6) is 0 Å². The van der Waals surface area contributed by atoms with Crippen LogP contribution in [0.4, 0.5) is 32.0 Å². The van der Waals surface area contributed by atoms with Gasteiger partial charge < -0.3 is 10.4 Å². The average Bonchev–Trinajstić information content (AvgIpc) is 3.36. The smallest absolute Gasteiger partial charge is 0.369 e. The summed E-state index contributed by atoms with van der Waals surface area (Å²) in [5, 5.41) is 17.2. The molecule has 0 aliphatic carbocycles. The number of benzene rings is 3. The second-order valence-electron chi connectivity index (χ2n) is 9.81. The number of hydrogen-bond acceptors (Lipinski definition) is 6. The quantitative estimate of drug-likeness (QED) is 0.186. The van der Waals surface area contributed by atoms with Crippen LogP contribution in [-0.4, -0.2) is 56.5 Å². The minimum atomic E-state index is -6.13. The first-order valence-electron chi connectivity index (χ1n) is 12.8. The number of sulfone groups is 1. The van der Waals surface area contributed by atoms with E-state index in [-0.39, 0.29) is 31.9 Å². The van der Waals surface area contributed by atoms with Crippen LogP contribution in [0.1, 0.15) is 24.4 Å². The van der Waals surface area contributed by atoms with E-state index in [2.05, 4.69) is 10.4 Å². The van der Waals surface area contributed by atoms with Crippen LogP contribution in [0.3, 0.4) is 0 Å². The lowest BCUT2D eigenvalue weighted by Gasteiger charge is -2.32. The van der Waals surface area contributed by atoms with Gasteiger partial charge in [-0.1, -0.05) is 65.7 Å². The number of halogens is 8. The Morgan fingerprint density at radius 1 is 0.930 bits per heavy atom. The molecule has 43 heavy (non-hydrogen) atoms. The van der Waals surface area contributed by atoms with Gasteiger partial charge in [0.15, 0.2) is 9.84 Å². The molecule has 1 aliphatic rings. The number of alkyl halides is 6. The molecule has 0 saturated heterocycles. The maximum atomic E-state index is 13.7. The summed E-state index contributed by atoms with van der Waals surface area (Å²) in [6.45, 7) is 0.521. The zero-order valence-electron chi connectivity index (χ0n) is 22.3. The van der Waals surface area contributed by atoms with E-state index in [9.17, 15) is 39.9 Å². The number of anilines is 1. The van der Waals surface area contributed by atoms with E-state index < -0.39 is 46.0 Å². The van der Waals surface area contributed by atoms with Crippen LogP contribution < -0.4 is 10.3 Å². The van der Waals surface area contributed by atoms with Crippen molar-refractivity contribution in [1.82, 2.24) is 5.32 Å². The van der Waals surface area contributed by atoms with Gasteiger partial charge in [0.1, 0.15) is 0 Å². The van der Waals surface area contributed by atoms with Gasteiger partial charge in [-0.25, -0.2) is 8.42 Å². The molecule has 4 rings (SSSR count). The van der Waals surface area contributed by atoms with Crippen molar-refractivity contribution in [3.05, 3.63) is 82.3 Å². The molecule has 0 spiro atoms. The van der Waals surface area contributed by atoms with E-state index in [4.69, 9.17) is 23.2 Å². The fraction of sp³-hybridized carbons (Fsp3) is 0.321. The zero-order chi connectivity index (χ0) is 31.8. The third-order valence-corrected chi connectivity index (χ3v) is 9.39. The summed E-state index contributed by atoms with van der Waals surface area (Å²) >= 11 is 12.5. The minimum Gasteiger partial charge on any atom is -0.369 e. The Labute approximate surface area is 253 Å². The van der Waals surface area contributed by atoms with Crippen molar-refractivity contribution in [3.8, 4) is 11.1 Å². The fourth-order valence-corrected chi connectivity index (χ4v) is 6.64. The molecule has 232 valence electrons. The predicted molar refractivity (Wildman–Crippen MR) is 153 cm³/mol. The number of hydrogen-bond donors (Lipinski definition) is 2. The second kappa shape index (κ2) is 12.3. The summed E-state index contributed by atoms with van der Waals surface area (Å²) in [5.74, 6) is -0.0666. The topological polar surface area (TPSA) is 82.0 Å². The zero-order valence-corrected chi connectivity index (χ0v) is 24.7. The third kappa shape index (κ3) is 6.51. The Hall–Kier alpha value is -2.84. The molecule has 3 aromatic carbocycles. The van der Waals surface area contributed by atoms with Crippen LogP contribution in [0.25, 0.3) is 11.1 Å². The molecule has 0 amide bonds. The first kappa shape index (κ1) is 33.1. The summed E-state index contributed by atoms with van der Waals surface area (Å²) in [6.07, 6.45) is -12.8. The molecule has 0 bridgehead atoms. The summed E-state index contributed by atoms with van der Waals surface area (Å²) in [6, 6.07) is 15.1. The normalized spacial score (nSPS) is 16.5. The first-order valence-corrected chi connectivity index (χ1v) is 15.2. The molecule has 1 unspecified atom stereocenters. The average molecular weight is 668 g/mol. The number of aliphatic hydroxyl groups is 1. The van der Waals surface area contributed by atoms with Crippen molar-refractivity contribution in [2.24, 2.45) is 5.10 Å². The Morgan fingerprint density at radius 3 is 2.07 bits per heavy atom. The number of para-hydroxylation sites is 1. The van der Waals surface area contributed by atoms with Crippen LogP contribution in [-0.2, 0) is 9.84 Å². The summed E-state index contributed by atoms with van der Waals surface area (Å²) < 4.78 is 108. The van der Waals surface area contributed by atoms with E-state index in [1.165, 1.54) is 42.5 Å².